The normalized spacial score (nSPS) is 8.58. The predicted molar refractivity (Wildman–Crippen MR) is 45.3 cm³/mol. The van der Waals surface area contributed by atoms with Crippen LogP contribution >= 0.6 is 11.6 Å². The second-order valence-electron chi connectivity index (χ2n) is 2.14. The Morgan fingerprint density at radius 2 is 1.92 bits per heavy atom. The van der Waals surface area contributed by atoms with E-state index in [0.29, 0.717) is 5.56 Å². The summed E-state index contributed by atoms with van der Waals surface area (Å²) in [6.07, 6.45) is 0. The maximum Gasteiger partial charge on any atom is 0.101 e. The maximum absolute atomic E-state index is 8.56. The second-order valence-corrected chi connectivity index (χ2v) is 2.55. The van der Waals surface area contributed by atoms with Crippen LogP contribution in [0.15, 0.2) is 12.1 Å². The molecule has 0 amide bonds. The molecule has 0 radical (unpaired) electrons. The summed E-state index contributed by atoms with van der Waals surface area (Å²) in [5, 5.41) is 17.3. The van der Waals surface area contributed by atoms with Crippen molar-refractivity contribution in [3.8, 4) is 12.1 Å². The fraction of sp³-hybridized carbons (Fsp3) is 0. The van der Waals surface area contributed by atoms with Crippen LogP contribution in [0.25, 0.3) is 0 Å². The summed E-state index contributed by atoms with van der Waals surface area (Å²) in [5.41, 5.74) is 6.25. The van der Waals surface area contributed by atoms with Gasteiger partial charge in [0.1, 0.15) is 6.07 Å². The van der Waals surface area contributed by atoms with Crippen molar-refractivity contribution >= 4 is 17.3 Å². The highest BCUT2D eigenvalue weighted by atomic mass is 35.5. The van der Waals surface area contributed by atoms with Crippen molar-refractivity contribution in [3.63, 3.8) is 0 Å². The van der Waals surface area contributed by atoms with Gasteiger partial charge in [-0.05, 0) is 12.1 Å². The third-order valence-corrected chi connectivity index (χ3v) is 1.69. The molecule has 4 heteroatoms. The number of nitrogen functional groups attached to an aromatic ring is 1. The van der Waals surface area contributed by atoms with Crippen LogP contribution in [0, 0.1) is 22.7 Å². The average molecular weight is 178 g/mol. The molecule has 3 nitrogen and oxygen atoms in total. The second kappa shape index (κ2) is 3.13. The Morgan fingerprint density at radius 3 is 2.42 bits per heavy atom. The summed E-state index contributed by atoms with van der Waals surface area (Å²) in [6, 6.07) is 6.56. The molecule has 0 saturated heterocycles. The van der Waals surface area contributed by atoms with Gasteiger partial charge in [-0.1, -0.05) is 11.6 Å². The van der Waals surface area contributed by atoms with Crippen molar-refractivity contribution in [3.05, 3.63) is 28.3 Å². The number of hydrogen-bond donors (Lipinski definition) is 1. The quantitative estimate of drug-likeness (QED) is 0.613. The molecule has 0 bridgehead atoms. The molecule has 58 valence electrons. The van der Waals surface area contributed by atoms with Crippen LogP contribution in [0.2, 0.25) is 5.02 Å². The first-order chi connectivity index (χ1) is 5.69. The molecule has 0 atom stereocenters. The van der Waals surface area contributed by atoms with Gasteiger partial charge in [-0.3, -0.25) is 0 Å². The lowest BCUT2D eigenvalue weighted by atomic mass is 10.1. The zero-order valence-corrected chi connectivity index (χ0v) is 6.76. The van der Waals surface area contributed by atoms with Crippen molar-refractivity contribution < 1.29 is 0 Å². The summed E-state index contributed by atoms with van der Waals surface area (Å²) in [4.78, 5) is 0. The SMILES string of the molecule is N#Cc1cc(Cl)c(N)c(C#N)c1. The van der Waals surface area contributed by atoms with Gasteiger partial charge in [0.2, 0.25) is 0 Å². The lowest BCUT2D eigenvalue weighted by Gasteiger charge is -1.99. The van der Waals surface area contributed by atoms with Gasteiger partial charge in [-0.15, -0.1) is 0 Å². The summed E-state index contributed by atoms with van der Waals surface area (Å²) in [6.45, 7) is 0. The first-order valence-corrected chi connectivity index (χ1v) is 3.46. The van der Waals surface area contributed by atoms with Gasteiger partial charge in [0.25, 0.3) is 0 Å². The number of nitriles is 2. The monoisotopic (exact) mass is 177 g/mol. The lowest BCUT2D eigenvalue weighted by molar-refractivity contribution is 1.45. The number of nitrogens with two attached hydrogens (primary N) is 1. The van der Waals surface area contributed by atoms with Crippen molar-refractivity contribution in [2.24, 2.45) is 0 Å². The summed E-state index contributed by atoms with van der Waals surface area (Å²) in [5.74, 6) is 0. The third-order valence-electron chi connectivity index (χ3n) is 1.38. The van der Waals surface area contributed by atoms with Crippen LogP contribution in [0.1, 0.15) is 11.1 Å². The lowest BCUT2D eigenvalue weighted by Crippen LogP contribution is -1.92. The average Bonchev–Trinajstić information content (AvgIpc) is 2.09. The molecule has 0 saturated carbocycles. The zero-order valence-electron chi connectivity index (χ0n) is 6.00. The number of nitrogens with zero attached hydrogens (tertiary/aromatic N) is 2. The van der Waals surface area contributed by atoms with Gasteiger partial charge < -0.3 is 5.73 Å². The van der Waals surface area contributed by atoms with E-state index >= 15 is 0 Å². The molecular weight excluding hydrogens is 174 g/mol. The fourth-order valence-corrected chi connectivity index (χ4v) is 0.994. The van der Waals surface area contributed by atoms with E-state index in [2.05, 4.69) is 0 Å². The van der Waals surface area contributed by atoms with Crippen LogP contribution in [0.4, 0.5) is 5.69 Å². The van der Waals surface area contributed by atoms with Gasteiger partial charge in [0.15, 0.2) is 0 Å². The fourth-order valence-electron chi connectivity index (χ4n) is 0.775. The van der Waals surface area contributed by atoms with E-state index in [4.69, 9.17) is 27.9 Å². The Hall–Kier alpha value is -1.71. The number of hydrogen-bond acceptors (Lipinski definition) is 3. The van der Waals surface area contributed by atoms with E-state index in [1.807, 2.05) is 12.1 Å². The van der Waals surface area contributed by atoms with Gasteiger partial charge in [-0.2, -0.15) is 10.5 Å². The highest BCUT2D eigenvalue weighted by Crippen LogP contribution is 2.23. The van der Waals surface area contributed by atoms with Crippen LogP contribution in [0.5, 0.6) is 0 Å². The molecule has 2 N–H and O–H groups in total. The molecule has 0 aliphatic heterocycles. The van der Waals surface area contributed by atoms with Gasteiger partial charge in [0.05, 0.1) is 27.9 Å². The largest absolute Gasteiger partial charge is 0.396 e. The Kier molecular flexibility index (Phi) is 2.19. The number of benzene rings is 1. The minimum absolute atomic E-state index is 0.221. The molecule has 0 unspecified atom stereocenters. The number of anilines is 1. The van der Waals surface area contributed by atoms with E-state index in [-0.39, 0.29) is 16.3 Å². The molecule has 1 aromatic carbocycles. The van der Waals surface area contributed by atoms with Crippen LogP contribution in [-0.4, -0.2) is 0 Å². The Balaban J connectivity index is 3.44. The van der Waals surface area contributed by atoms with Crippen LogP contribution < -0.4 is 5.73 Å². The Bertz CT molecular complexity index is 398. The summed E-state index contributed by atoms with van der Waals surface area (Å²) in [7, 11) is 0. The summed E-state index contributed by atoms with van der Waals surface area (Å²) >= 11 is 5.65. The molecule has 1 rings (SSSR count). The molecule has 0 spiro atoms. The van der Waals surface area contributed by atoms with Crippen molar-refractivity contribution in [2.45, 2.75) is 0 Å². The van der Waals surface area contributed by atoms with Gasteiger partial charge in [-0.25, -0.2) is 0 Å². The molecule has 0 aliphatic rings. The van der Waals surface area contributed by atoms with Crippen LogP contribution in [0.3, 0.4) is 0 Å². The van der Waals surface area contributed by atoms with E-state index in [9.17, 15) is 0 Å². The molecule has 0 heterocycles. The molecule has 0 aliphatic carbocycles. The zero-order chi connectivity index (χ0) is 9.14. The third kappa shape index (κ3) is 1.32. The Morgan fingerprint density at radius 1 is 1.25 bits per heavy atom. The minimum Gasteiger partial charge on any atom is -0.396 e. The van der Waals surface area contributed by atoms with Gasteiger partial charge >= 0.3 is 0 Å². The van der Waals surface area contributed by atoms with Gasteiger partial charge in [0, 0.05) is 0 Å². The van der Waals surface area contributed by atoms with E-state index in [1.54, 1.807) is 0 Å². The highest BCUT2D eigenvalue weighted by molar-refractivity contribution is 6.33. The number of rotatable bonds is 0. The van der Waals surface area contributed by atoms with Crippen molar-refractivity contribution in [1.29, 1.82) is 10.5 Å². The molecule has 0 aromatic heterocycles. The highest BCUT2D eigenvalue weighted by Gasteiger charge is 2.04. The van der Waals surface area contributed by atoms with Crippen molar-refractivity contribution in [1.82, 2.24) is 0 Å². The maximum atomic E-state index is 8.56. The van der Waals surface area contributed by atoms with E-state index in [1.165, 1.54) is 12.1 Å². The number of halogens is 1. The molecule has 0 fully saturated rings. The first-order valence-electron chi connectivity index (χ1n) is 3.08. The van der Waals surface area contributed by atoms with E-state index < -0.39 is 0 Å². The minimum atomic E-state index is 0.221. The van der Waals surface area contributed by atoms with Crippen LogP contribution in [-0.2, 0) is 0 Å². The first kappa shape index (κ1) is 8.39. The van der Waals surface area contributed by atoms with E-state index in [0.717, 1.165) is 0 Å². The Labute approximate surface area is 74.6 Å². The molecular formula is C8H4ClN3. The predicted octanol–water partition coefficient (Wildman–Crippen LogP) is 1.67. The standard InChI is InChI=1S/C8H4ClN3/c9-7-2-5(3-10)1-6(4-11)8(7)12/h1-2H,12H2. The molecule has 12 heavy (non-hydrogen) atoms. The molecule has 1 aromatic rings. The summed E-state index contributed by atoms with van der Waals surface area (Å²) < 4.78 is 0. The van der Waals surface area contributed by atoms with Crippen molar-refractivity contribution in [2.75, 3.05) is 5.73 Å². The smallest absolute Gasteiger partial charge is 0.101 e. The topological polar surface area (TPSA) is 73.6 Å².